The van der Waals surface area contributed by atoms with Gasteiger partial charge in [0.25, 0.3) is 0 Å². The van der Waals surface area contributed by atoms with Gasteiger partial charge in [-0.3, -0.25) is 4.90 Å². The Balaban J connectivity index is 2.92. The first-order valence-corrected chi connectivity index (χ1v) is 6.97. The second-order valence-corrected chi connectivity index (χ2v) is 5.56. The van der Waals surface area contributed by atoms with Crippen LogP contribution in [0.15, 0.2) is 18.2 Å². The lowest BCUT2D eigenvalue weighted by atomic mass is 9.95. The monoisotopic (exact) mass is 248 g/mol. The normalized spacial score (nSPS) is 14.8. The number of nitrogens with two attached hydrogens (primary N) is 1. The molecule has 0 heterocycles. The molecule has 0 saturated carbocycles. The molecule has 2 heteroatoms. The van der Waals surface area contributed by atoms with E-state index in [4.69, 9.17) is 5.73 Å². The van der Waals surface area contributed by atoms with E-state index in [1.54, 1.807) is 0 Å². The third-order valence-corrected chi connectivity index (χ3v) is 4.00. The predicted octanol–water partition coefficient (Wildman–Crippen LogP) is 3.25. The third-order valence-electron chi connectivity index (χ3n) is 4.00. The first-order valence-electron chi connectivity index (χ1n) is 6.97. The molecule has 2 N–H and O–H groups in total. The van der Waals surface area contributed by atoms with Gasteiger partial charge in [0.2, 0.25) is 0 Å². The quantitative estimate of drug-likeness (QED) is 0.837. The summed E-state index contributed by atoms with van der Waals surface area (Å²) in [4.78, 5) is 2.49. The molecule has 1 rings (SSSR count). The van der Waals surface area contributed by atoms with E-state index in [1.807, 2.05) is 0 Å². The summed E-state index contributed by atoms with van der Waals surface area (Å²) in [5.41, 5.74) is 10.1. The van der Waals surface area contributed by atoms with Crippen molar-refractivity contribution in [3.63, 3.8) is 0 Å². The number of hydrogen-bond donors (Lipinski definition) is 1. The number of aryl methyl sites for hydroxylation is 2. The van der Waals surface area contributed by atoms with Crippen molar-refractivity contribution in [3.05, 3.63) is 34.9 Å². The Morgan fingerprint density at radius 3 is 2.06 bits per heavy atom. The highest BCUT2D eigenvalue weighted by Crippen LogP contribution is 2.21. The van der Waals surface area contributed by atoms with Gasteiger partial charge in [-0.2, -0.15) is 0 Å². The molecule has 0 aliphatic rings. The summed E-state index contributed by atoms with van der Waals surface area (Å²) < 4.78 is 0. The fraction of sp³-hybridized carbons (Fsp3) is 0.625. The van der Waals surface area contributed by atoms with Gasteiger partial charge in [0, 0.05) is 18.6 Å². The second-order valence-electron chi connectivity index (χ2n) is 5.56. The lowest BCUT2D eigenvalue weighted by Crippen LogP contribution is -2.50. The van der Waals surface area contributed by atoms with Crippen molar-refractivity contribution in [1.82, 2.24) is 4.90 Å². The first kappa shape index (κ1) is 15.2. The standard InChI is InChI=1S/C16H28N2/c1-6-16(5,12-17)18(7-2)11-15-9-13(3)8-14(4)10-15/h8-10H,6-7,11-12,17H2,1-5H3. The topological polar surface area (TPSA) is 29.3 Å². The number of rotatable bonds is 6. The van der Waals surface area contributed by atoms with Crippen LogP contribution in [0.25, 0.3) is 0 Å². The maximum absolute atomic E-state index is 5.97. The van der Waals surface area contributed by atoms with Crippen molar-refractivity contribution < 1.29 is 0 Å². The second kappa shape index (κ2) is 6.35. The Morgan fingerprint density at radius 2 is 1.67 bits per heavy atom. The summed E-state index contributed by atoms with van der Waals surface area (Å²) in [6, 6.07) is 6.78. The third kappa shape index (κ3) is 3.56. The molecule has 0 aliphatic heterocycles. The zero-order chi connectivity index (χ0) is 13.8. The molecule has 0 fully saturated rings. The first-order chi connectivity index (χ1) is 8.45. The van der Waals surface area contributed by atoms with Crippen LogP contribution in [0.1, 0.15) is 43.9 Å². The predicted molar refractivity (Wildman–Crippen MR) is 79.8 cm³/mol. The van der Waals surface area contributed by atoms with Crippen molar-refractivity contribution in [2.45, 2.75) is 53.1 Å². The van der Waals surface area contributed by atoms with E-state index < -0.39 is 0 Å². The Kier molecular flexibility index (Phi) is 5.36. The molecule has 1 unspecified atom stereocenters. The van der Waals surface area contributed by atoms with Gasteiger partial charge < -0.3 is 5.73 Å². The van der Waals surface area contributed by atoms with Crippen LogP contribution in [0.4, 0.5) is 0 Å². The average molecular weight is 248 g/mol. The maximum Gasteiger partial charge on any atom is 0.0304 e. The molecular formula is C16H28N2. The summed E-state index contributed by atoms with van der Waals surface area (Å²) in [5, 5.41) is 0. The molecule has 0 aliphatic carbocycles. The Bertz CT molecular complexity index is 360. The van der Waals surface area contributed by atoms with Gasteiger partial charge in [0.15, 0.2) is 0 Å². The fourth-order valence-electron chi connectivity index (χ4n) is 2.56. The molecule has 0 aromatic heterocycles. The van der Waals surface area contributed by atoms with Crippen molar-refractivity contribution >= 4 is 0 Å². The maximum atomic E-state index is 5.97. The lowest BCUT2D eigenvalue weighted by Gasteiger charge is -2.39. The van der Waals surface area contributed by atoms with Crippen LogP contribution in [0, 0.1) is 13.8 Å². The summed E-state index contributed by atoms with van der Waals surface area (Å²) in [6.45, 7) is 13.8. The SMILES string of the molecule is CCN(Cc1cc(C)cc(C)c1)C(C)(CC)CN. The van der Waals surface area contributed by atoms with E-state index in [0.717, 1.165) is 19.5 Å². The van der Waals surface area contributed by atoms with Gasteiger partial charge in [0.1, 0.15) is 0 Å². The number of benzene rings is 1. The van der Waals surface area contributed by atoms with E-state index in [9.17, 15) is 0 Å². The number of hydrogen-bond acceptors (Lipinski definition) is 2. The molecule has 1 atom stereocenters. The highest BCUT2D eigenvalue weighted by Gasteiger charge is 2.27. The summed E-state index contributed by atoms with van der Waals surface area (Å²) in [5.74, 6) is 0. The van der Waals surface area contributed by atoms with Crippen molar-refractivity contribution in [2.24, 2.45) is 5.73 Å². The molecule has 0 bridgehead atoms. The largest absolute Gasteiger partial charge is 0.329 e. The molecular weight excluding hydrogens is 220 g/mol. The highest BCUT2D eigenvalue weighted by atomic mass is 15.2. The zero-order valence-corrected chi connectivity index (χ0v) is 12.6. The molecule has 18 heavy (non-hydrogen) atoms. The van der Waals surface area contributed by atoms with Crippen LogP contribution in [0.2, 0.25) is 0 Å². The van der Waals surface area contributed by atoms with Crippen LogP contribution < -0.4 is 5.73 Å². The minimum atomic E-state index is 0.104. The van der Waals surface area contributed by atoms with Gasteiger partial charge in [0.05, 0.1) is 0 Å². The summed E-state index contributed by atoms with van der Waals surface area (Å²) in [6.07, 6.45) is 1.09. The number of likely N-dealkylation sites (N-methyl/N-ethyl adjacent to an activating group) is 1. The average Bonchev–Trinajstić information content (AvgIpc) is 2.34. The van der Waals surface area contributed by atoms with Gasteiger partial charge >= 0.3 is 0 Å². The Hall–Kier alpha value is -0.860. The molecule has 0 radical (unpaired) electrons. The fourth-order valence-corrected chi connectivity index (χ4v) is 2.56. The smallest absolute Gasteiger partial charge is 0.0304 e. The van der Waals surface area contributed by atoms with Gasteiger partial charge in [-0.15, -0.1) is 0 Å². The van der Waals surface area contributed by atoms with E-state index in [-0.39, 0.29) is 5.54 Å². The van der Waals surface area contributed by atoms with Crippen LogP contribution >= 0.6 is 0 Å². The molecule has 2 nitrogen and oxygen atoms in total. The number of nitrogens with zero attached hydrogens (tertiary/aromatic N) is 1. The molecule has 0 saturated heterocycles. The Morgan fingerprint density at radius 1 is 1.11 bits per heavy atom. The van der Waals surface area contributed by atoms with Gasteiger partial charge in [-0.25, -0.2) is 0 Å². The summed E-state index contributed by atoms with van der Waals surface area (Å²) >= 11 is 0. The van der Waals surface area contributed by atoms with Crippen LogP contribution in [0.5, 0.6) is 0 Å². The van der Waals surface area contributed by atoms with Crippen LogP contribution in [-0.4, -0.2) is 23.5 Å². The van der Waals surface area contributed by atoms with Crippen LogP contribution in [0.3, 0.4) is 0 Å². The zero-order valence-electron chi connectivity index (χ0n) is 12.6. The van der Waals surface area contributed by atoms with Gasteiger partial charge in [-0.1, -0.05) is 43.2 Å². The molecule has 1 aromatic rings. The van der Waals surface area contributed by atoms with E-state index in [0.29, 0.717) is 6.54 Å². The van der Waals surface area contributed by atoms with Crippen molar-refractivity contribution in [2.75, 3.05) is 13.1 Å². The molecule has 0 spiro atoms. The minimum absolute atomic E-state index is 0.104. The Labute approximate surface area is 112 Å². The van der Waals surface area contributed by atoms with E-state index in [1.165, 1.54) is 16.7 Å². The van der Waals surface area contributed by atoms with Crippen molar-refractivity contribution in [3.8, 4) is 0 Å². The van der Waals surface area contributed by atoms with Crippen molar-refractivity contribution in [1.29, 1.82) is 0 Å². The lowest BCUT2D eigenvalue weighted by molar-refractivity contribution is 0.104. The highest BCUT2D eigenvalue weighted by molar-refractivity contribution is 5.28. The molecule has 1 aromatic carbocycles. The molecule has 0 amide bonds. The van der Waals surface area contributed by atoms with E-state index in [2.05, 4.69) is 57.7 Å². The van der Waals surface area contributed by atoms with Crippen LogP contribution in [-0.2, 0) is 6.54 Å². The minimum Gasteiger partial charge on any atom is -0.329 e. The van der Waals surface area contributed by atoms with Gasteiger partial charge in [-0.05, 0) is 39.3 Å². The summed E-state index contributed by atoms with van der Waals surface area (Å²) in [7, 11) is 0. The van der Waals surface area contributed by atoms with E-state index >= 15 is 0 Å². The molecule has 102 valence electrons.